The lowest BCUT2D eigenvalue weighted by atomic mass is 10.2. The highest BCUT2D eigenvalue weighted by atomic mass is 19.3. The Morgan fingerprint density at radius 1 is 1.00 bits per heavy atom. The summed E-state index contributed by atoms with van der Waals surface area (Å²) in [4.78, 5) is 23.1. The molecule has 0 heterocycles. The molecule has 0 radical (unpaired) electrons. The first-order valence-corrected chi connectivity index (χ1v) is 6.68. The van der Waals surface area contributed by atoms with Gasteiger partial charge in [-0.05, 0) is 36.4 Å². The van der Waals surface area contributed by atoms with Crippen LogP contribution in [0.2, 0.25) is 0 Å². The number of rotatable bonds is 5. The number of amides is 2. The molecule has 2 aromatic rings. The van der Waals surface area contributed by atoms with Crippen molar-refractivity contribution in [3.63, 3.8) is 0 Å². The number of hydrogen-bond acceptors (Lipinski definition) is 3. The number of alkyl halides is 2. The molecule has 0 aliphatic rings. The van der Waals surface area contributed by atoms with E-state index in [0.29, 0.717) is 11.3 Å². The van der Waals surface area contributed by atoms with E-state index in [4.69, 9.17) is 0 Å². The molecule has 2 rings (SSSR count). The fourth-order valence-corrected chi connectivity index (χ4v) is 1.87. The second-order valence-electron chi connectivity index (χ2n) is 4.59. The van der Waals surface area contributed by atoms with Gasteiger partial charge in [-0.1, -0.05) is 12.1 Å². The van der Waals surface area contributed by atoms with Crippen molar-refractivity contribution in [1.29, 1.82) is 0 Å². The Hall–Kier alpha value is -2.96. The van der Waals surface area contributed by atoms with E-state index in [0.717, 1.165) is 0 Å². The van der Waals surface area contributed by atoms with E-state index in [9.17, 15) is 18.4 Å². The number of ether oxygens (including phenoxy) is 1. The van der Waals surface area contributed by atoms with Crippen molar-refractivity contribution in [1.82, 2.24) is 0 Å². The fraction of sp³-hybridized carbons (Fsp3) is 0.125. The van der Waals surface area contributed by atoms with Crippen LogP contribution in [-0.4, -0.2) is 18.4 Å². The summed E-state index contributed by atoms with van der Waals surface area (Å²) >= 11 is 0. The van der Waals surface area contributed by atoms with Crippen LogP contribution in [0.3, 0.4) is 0 Å². The molecule has 120 valence electrons. The minimum atomic E-state index is -2.98. The van der Waals surface area contributed by atoms with Crippen LogP contribution in [0.1, 0.15) is 17.3 Å². The number of carbonyl (C=O) groups is 2. The van der Waals surface area contributed by atoms with Crippen LogP contribution in [0, 0.1) is 0 Å². The maximum absolute atomic E-state index is 12.3. The Morgan fingerprint density at radius 2 is 1.65 bits per heavy atom. The Balaban J connectivity index is 2.11. The second-order valence-corrected chi connectivity index (χ2v) is 4.59. The minimum absolute atomic E-state index is 0.120. The SMILES string of the molecule is CC(=O)Nc1ccc(C(=O)Nc2ccccc2OC(F)F)cc1. The zero-order valence-corrected chi connectivity index (χ0v) is 12.2. The van der Waals surface area contributed by atoms with Gasteiger partial charge in [0.2, 0.25) is 5.91 Å². The number of hydrogen-bond donors (Lipinski definition) is 2. The largest absolute Gasteiger partial charge is 0.433 e. The number of nitrogens with one attached hydrogen (secondary N) is 2. The van der Waals surface area contributed by atoms with E-state index in [-0.39, 0.29) is 17.3 Å². The van der Waals surface area contributed by atoms with E-state index in [1.165, 1.54) is 37.3 Å². The van der Waals surface area contributed by atoms with Crippen LogP contribution in [0.4, 0.5) is 20.2 Å². The number of carbonyl (C=O) groups excluding carboxylic acids is 2. The highest BCUT2D eigenvalue weighted by molar-refractivity contribution is 6.05. The Bertz CT molecular complexity index is 703. The van der Waals surface area contributed by atoms with E-state index >= 15 is 0 Å². The van der Waals surface area contributed by atoms with Gasteiger partial charge in [0.1, 0.15) is 5.75 Å². The summed E-state index contributed by atoms with van der Waals surface area (Å²) in [7, 11) is 0. The lowest BCUT2D eigenvalue weighted by Crippen LogP contribution is -2.14. The zero-order chi connectivity index (χ0) is 16.8. The lowest BCUT2D eigenvalue weighted by molar-refractivity contribution is -0.114. The molecule has 0 aliphatic carbocycles. The maximum Gasteiger partial charge on any atom is 0.387 e. The van der Waals surface area contributed by atoms with Crippen molar-refractivity contribution in [2.45, 2.75) is 13.5 Å². The molecule has 0 saturated heterocycles. The van der Waals surface area contributed by atoms with Crippen molar-refractivity contribution >= 4 is 23.2 Å². The minimum Gasteiger partial charge on any atom is -0.433 e. The Morgan fingerprint density at radius 3 is 2.26 bits per heavy atom. The molecule has 0 saturated carbocycles. The van der Waals surface area contributed by atoms with Crippen LogP contribution in [0.25, 0.3) is 0 Å². The molecule has 0 spiro atoms. The van der Waals surface area contributed by atoms with Gasteiger partial charge in [-0.2, -0.15) is 8.78 Å². The zero-order valence-electron chi connectivity index (χ0n) is 12.2. The van der Waals surface area contributed by atoms with Crippen LogP contribution in [0.5, 0.6) is 5.75 Å². The van der Waals surface area contributed by atoms with Gasteiger partial charge in [-0.3, -0.25) is 9.59 Å². The van der Waals surface area contributed by atoms with Crippen molar-refractivity contribution in [2.75, 3.05) is 10.6 Å². The number of benzene rings is 2. The van der Waals surface area contributed by atoms with Crippen molar-refractivity contribution < 1.29 is 23.1 Å². The van der Waals surface area contributed by atoms with Crippen molar-refractivity contribution in [2.24, 2.45) is 0 Å². The Labute approximate surface area is 131 Å². The van der Waals surface area contributed by atoms with Gasteiger partial charge in [-0.25, -0.2) is 0 Å². The molecule has 0 bridgehead atoms. The molecular formula is C16H14F2N2O3. The normalized spacial score (nSPS) is 10.3. The van der Waals surface area contributed by atoms with Gasteiger partial charge in [-0.15, -0.1) is 0 Å². The fourth-order valence-electron chi connectivity index (χ4n) is 1.87. The summed E-state index contributed by atoms with van der Waals surface area (Å²) in [6.45, 7) is -1.61. The summed E-state index contributed by atoms with van der Waals surface area (Å²) in [5.41, 5.74) is 1.00. The third-order valence-electron chi connectivity index (χ3n) is 2.82. The molecule has 2 N–H and O–H groups in total. The standard InChI is InChI=1S/C16H14F2N2O3/c1-10(21)19-12-8-6-11(7-9-12)15(22)20-13-4-2-3-5-14(13)23-16(17)18/h2-9,16H,1H3,(H,19,21)(H,20,22). The predicted molar refractivity (Wildman–Crippen MR) is 81.8 cm³/mol. The average molecular weight is 320 g/mol. The number of anilines is 2. The highest BCUT2D eigenvalue weighted by Gasteiger charge is 2.12. The van der Waals surface area contributed by atoms with E-state index < -0.39 is 12.5 Å². The van der Waals surface area contributed by atoms with Gasteiger partial charge in [0.25, 0.3) is 5.91 Å². The summed E-state index contributed by atoms with van der Waals surface area (Å²) in [6, 6.07) is 12.1. The van der Waals surface area contributed by atoms with Gasteiger partial charge < -0.3 is 15.4 Å². The first kappa shape index (κ1) is 16.4. The summed E-state index contributed by atoms with van der Waals surface area (Å²) in [5.74, 6) is -0.823. The smallest absolute Gasteiger partial charge is 0.387 e. The molecule has 2 amide bonds. The van der Waals surface area contributed by atoms with Gasteiger partial charge in [0.15, 0.2) is 0 Å². The van der Waals surface area contributed by atoms with E-state index in [2.05, 4.69) is 15.4 Å². The maximum atomic E-state index is 12.3. The van der Waals surface area contributed by atoms with Gasteiger partial charge in [0.05, 0.1) is 5.69 Å². The summed E-state index contributed by atoms with van der Waals surface area (Å²) < 4.78 is 29.0. The monoisotopic (exact) mass is 320 g/mol. The van der Waals surface area contributed by atoms with Crippen LogP contribution in [-0.2, 0) is 4.79 Å². The van der Waals surface area contributed by atoms with E-state index in [1.807, 2.05) is 0 Å². The third-order valence-corrected chi connectivity index (χ3v) is 2.82. The molecule has 0 aromatic heterocycles. The molecule has 0 fully saturated rings. The van der Waals surface area contributed by atoms with Crippen molar-refractivity contribution in [3.8, 4) is 5.75 Å². The Kier molecular flexibility index (Phi) is 5.24. The lowest BCUT2D eigenvalue weighted by Gasteiger charge is -2.12. The van der Waals surface area contributed by atoms with Crippen LogP contribution < -0.4 is 15.4 Å². The second kappa shape index (κ2) is 7.35. The van der Waals surface area contributed by atoms with Crippen molar-refractivity contribution in [3.05, 3.63) is 54.1 Å². The molecule has 23 heavy (non-hydrogen) atoms. The third kappa shape index (κ3) is 4.77. The van der Waals surface area contributed by atoms with E-state index in [1.54, 1.807) is 18.2 Å². The molecule has 7 heteroatoms. The van der Waals surface area contributed by atoms with Gasteiger partial charge in [0, 0.05) is 18.2 Å². The molecule has 5 nitrogen and oxygen atoms in total. The predicted octanol–water partition coefficient (Wildman–Crippen LogP) is 3.50. The summed E-state index contributed by atoms with van der Waals surface area (Å²) in [6.07, 6.45) is 0. The molecule has 0 aliphatic heterocycles. The average Bonchev–Trinajstić information content (AvgIpc) is 2.49. The number of para-hydroxylation sites is 2. The first-order valence-electron chi connectivity index (χ1n) is 6.68. The highest BCUT2D eigenvalue weighted by Crippen LogP contribution is 2.26. The van der Waals surface area contributed by atoms with Gasteiger partial charge >= 0.3 is 6.61 Å². The molecule has 0 unspecified atom stereocenters. The first-order chi connectivity index (χ1) is 11.0. The summed E-state index contributed by atoms with van der Waals surface area (Å²) in [5, 5.41) is 5.09. The molecular weight excluding hydrogens is 306 g/mol. The van der Waals surface area contributed by atoms with Crippen LogP contribution in [0.15, 0.2) is 48.5 Å². The quantitative estimate of drug-likeness (QED) is 0.886. The molecule has 2 aromatic carbocycles. The molecule has 0 atom stereocenters. The van der Waals surface area contributed by atoms with Crippen LogP contribution >= 0.6 is 0 Å². The topological polar surface area (TPSA) is 67.4 Å². The number of halogens is 2.